The van der Waals surface area contributed by atoms with Gasteiger partial charge in [-0.2, -0.15) is 0 Å². The molecule has 6 nitrogen and oxygen atoms in total. The molecule has 1 aromatic heterocycles. The number of ether oxygens (including phenoxy) is 1. The summed E-state index contributed by atoms with van der Waals surface area (Å²) in [7, 11) is -3.00. The molecule has 7 heteroatoms. The Kier molecular flexibility index (Phi) is 5.47. The Balaban J connectivity index is 2.09. The van der Waals surface area contributed by atoms with Crippen molar-refractivity contribution in [3.8, 4) is 0 Å². The molecule has 0 bridgehead atoms. The van der Waals surface area contributed by atoms with Crippen LogP contribution in [-0.2, 0) is 19.4 Å². The van der Waals surface area contributed by atoms with Crippen molar-refractivity contribution >= 4 is 21.6 Å². The Morgan fingerprint density at radius 2 is 1.92 bits per heavy atom. The van der Waals surface area contributed by atoms with Crippen molar-refractivity contribution in [1.29, 1.82) is 0 Å². The number of Topliss-reactive ketones (excluding diaryl/α,β-unsaturated/α-hetero) is 1. The van der Waals surface area contributed by atoms with Gasteiger partial charge in [0.05, 0.1) is 17.9 Å². The number of carbonyl (C=O) groups is 2. The van der Waals surface area contributed by atoms with E-state index in [1.165, 1.54) is 0 Å². The topological polar surface area (TPSA) is 82.4 Å². The van der Waals surface area contributed by atoms with Gasteiger partial charge in [0, 0.05) is 23.0 Å². The van der Waals surface area contributed by atoms with Crippen LogP contribution in [0.5, 0.6) is 0 Å². The molecule has 0 aromatic carbocycles. The van der Waals surface area contributed by atoms with Crippen LogP contribution in [0.25, 0.3) is 0 Å². The molecule has 0 amide bonds. The van der Waals surface area contributed by atoms with Gasteiger partial charge in [-0.3, -0.25) is 9.59 Å². The summed E-state index contributed by atoms with van der Waals surface area (Å²) in [6.07, 6.45) is 0.812. The van der Waals surface area contributed by atoms with Crippen molar-refractivity contribution in [3.63, 3.8) is 0 Å². The fraction of sp³-hybridized carbons (Fsp3) is 0.667. The molecule has 1 saturated heterocycles. The van der Waals surface area contributed by atoms with Crippen molar-refractivity contribution in [2.75, 3.05) is 18.1 Å². The van der Waals surface area contributed by atoms with E-state index in [2.05, 4.69) is 0 Å². The second-order valence-electron chi connectivity index (χ2n) is 8.03. The SMILES string of the molecule is Cc1cc(C(=O)COC(=O)CC(C)(C)C)c(C)n1[C@H]1CCS(=O)(=O)C1. The lowest BCUT2D eigenvalue weighted by molar-refractivity contribution is -0.144. The first kappa shape index (κ1) is 19.7. The minimum atomic E-state index is -3.00. The predicted molar refractivity (Wildman–Crippen MR) is 95.6 cm³/mol. The third-order valence-corrected chi connectivity index (χ3v) is 6.15. The quantitative estimate of drug-likeness (QED) is 0.588. The second-order valence-corrected chi connectivity index (χ2v) is 10.3. The average molecular weight is 369 g/mol. The summed E-state index contributed by atoms with van der Waals surface area (Å²) in [6.45, 7) is 9.17. The second kappa shape index (κ2) is 6.94. The number of sulfone groups is 1. The van der Waals surface area contributed by atoms with Gasteiger partial charge < -0.3 is 9.30 Å². The summed E-state index contributed by atoms with van der Waals surface area (Å²) in [4.78, 5) is 24.2. The van der Waals surface area contributed by atoms with Crippen LogP contribution in [-0.4, -0.2) is 42.9 Å². The van der Waals surface area contributed by atoms with Gasteiger partial charge in [0.2, 0.25) is 5.78 Å². The lowest BCUT2D eigenvalue weighted by Gasteiger charge is -2.17. The zero-order valence-corrected chi connectivity index (χ0v) is 16.4. The molecular formula is C18H27NO5S. The van der Waals surface area contributed by atoms with E-state index in [0.29, 0.717) is 12.0 Å². The Labute approximate surface area is 149 Å². The molecule has 1 fully saturated rings. The van der Waals surface area contributed by atoms with Crippen LogP contribution >= 0.6 is 0 Å². The fourth-order valence-electron chi connectivity index (χ4n) is 3.31. The smallest absolute Gasteiger partial charge is 0.306 e. The van der Waals surface area contributed by atoms with Gasteiger partial charge in [-0.25, -0.2) is 8.42 Å². The average Bonchev–Trinajstić information content (AvgIpc) is 2.93. The lowest BCUT2D eigenvalue weighted by atomic mass is 9.92. The molecule has 0 unspecified atom stereocenters. The molecule has 140 valence electrons. The minimum Gasteiger partial charge on any atom is -0.457 e. The fourth-order valence-corrected chi connectivity index (χ4v) is 5.01. The van der Waals surface area contributed by atoms with Crippen LogP contribution in [0.4, 0.5) is 0 Å². The Morgan fingerprint density at radius 1 is 1.28 bits per heavy atom. The lowest BCUT2D eigenvalue weighted by Crippen LogP contribution is -2.20. The maximum absolute atomic E-state index is 12.4. The monoisotopic (exact) mass is 369 g/mol. The van der Waals surface area contributed by atoms with E-state index >= 15 is 0 Å². The standard InChI is InChI=1S/C18H27NO5S/c1-12-8-15(16(20)10-24-17(21)9-18(3,4)5)13(2)19(12)14-6-7-25(22,23)11-14/h8,14H,6-7,9-11H2,1-5H3/t14-/m0/s1. The van der Waals surface area contributed by atoms with Crippen LogP contribution in [0.1, 0.15) is 61.4 Å². The number of rotatable bonds is 5. The molecule has 1 aromatic rings. The van der Waals surface area contributed by atoms with Crippen molar-refractivity contribution < 1.29 is 22.7 Å². The van der Waals surface area contributed by atoms with Gasteiger partial charge in [0.15, 0.2) is 16.4 Å². The number of hydrogen-bond acceptors (Lipinski definition) is 5. The van der Waals surface area contributed by atoms with Crippen LogP contribution in [0.15, 0.2) is 6.07 Å². The van der Waals surface area contributed by atoms with Crippen LogP contribution in [0.2, 0.25) is 0 Å². The van der Waals surface area contributed by atoms with Crippen LogP contribution < -0.4 is 0 Å². The highest BCUT2D eigenvalue weighted by atomic mass is 32.2. The molecule has 1 aliphatic heterocycles. The Bertz CT molecular complexity index is 783. The first-order valence-corrected chi connectivity index (χ1v) is 10.3. The third-order valence-electron chi connectivity index (χ3n) is 4.40. The zero-order chi connectivity index (χ0) is 19.0. The highest BCUT2D eigenvalue weighted by molar-refractivity contribution is 7.91. The maximum atomic E-state index is 12.4. The molecule has 0 N–H and O–H groups in total. The van der Waals surface area contributed by atoms with E-state index in [1.807, 2.05) is 39.2 Å². The number of carbonyl (C=O) groups excluding carboxylic acids is 2. The summed E-state index contributed by atoms with van der Waals surface area (Å²) in [5, 5.41) is 0. The molecule has 1 aliphatic rings. The van der Waals surface area contributed by atoms with Crippen LogP contribution in [0.3, 0.4) is 0 Å². The molecule has 0 saturated carbocycles. The van der Waals surface area contributed by atoms with Gasteiger partial charge in [-0.1, -0.05) is 20.8 Å². The molecule has 0 radical (unpaired) electrons. The van der Waals surface area contributed by atoms with Gasteiger partial charge in [0.1, 0.15) is 0 Å². The van der Waals surface area contributed by atoms with Crippen molar-refractivity contribution in [2.45, 2.75) is 53.5 Å². The van der Waals surface area contributed by atoms with E-state index in [-0.39, 0.29) is 41.8 Å². The summed E-state index contributed by atoms with van der Waals surface area (Å²) >= 11 is 0. The summed E-state index contributed by atoms with van der Waals surface area (Å²) < 4.78 is 30.5. The van der Waals surface area contributed by atoms with Crippen molar-refractivity contribution in [2.24, 2.45) is 5.41 Å². The minimum absolute atomic E-state index is 0.109. The largest absolute Gasteiger partial charge is 0.457 e. The molecule has 2 heterocycles. The number of aryl methyl sites for hydroxylation is 1. The first-order chi connectivity index (χ1) is 11.4. The number of hydrogen-bond donors (Lipinski definition) is 0. The van der Waals surface area contributed by atoms with Gasteiger partial charge in [-0.15, -0.1) is 0 Å². The number of ketones is 1. The molecule has 1 atom stereocenters. The summed E-state index contributed by atoms with van der Waals surface area (Å²) in [6, 6.07) is 1.62. The van der Waals surface area contributed by atoms with E-state index in [0.717, 1.165) is 11.4 Å². The maximum Gasteiger partial charge on any atom is 0.306 e. The highest BCUT2D eigenvalue weighted by Crippen LogP contribution is 2.29. The number of aromatic nitrogens is 1. The summed E-state index contributed by atoms with van der Waals surface area (Å²) in [5.41, 5.74) is 1.88. The molecular weight excluding hydrogens is 342 g/mol. The normalized spacial score (nSPS) is 19.8. The number of esters is 1. The molecule has 2 rings (SSSR count). The summed E-state index contributed by atoms with van der Waals surface area (Å²) in [5.74, 6) is -0.362. The van der Waals surface area contributed by atoms with Gasteiger partial charge in [0.25, 0.3) is 0 Å². The van der Waals surface area contributed by atoms with E-state index < -0.39 is 15.8 Å². The van der Waals surface area contributed by atoms with Crippen LogP contribution in [0, 0.1) is 19.3 Å². The molecule has 25 heavy (non-hydrogen) atoms. The highest BCUT2D eigenvalue weighted by Gasteiger charge is 2.31. The van der Waals surface area contributed by atoms with E-state index in [9.17, 15) is 18.0 Å². The molecule has 0 aliphatic carbocycles. The first-order valence-electron chi connectivity index (χ1n) is 8.47. The number of nitrogens with zero attached hydrogens (tertiary/aromatic N) is 1. The van der Waals surface area contributed by atoms with Crippen molar-refractivity contribution in [3.05, 3.63) is 23.0 Å². The third kappa shape index (κ3) is 4.93. The Hall–Kier alpha value is -1.63. The van der Waals surface area contributed by atoms with Gasteiger partial charge >= 0.3 is 5.97 Å². The molecule has 0 spiro atoms. The Morgan fingerprint density at radius 3 is 2.44 bits per heavy atom. The zero-order valence-electron chi connectivity index (χ0n) is 15.6. The van der Waals surface area contributed by atoms with Crippen molar-refractivity contribution in [1.82, 2.24) is 4.57 Å². The van der Waals surface area contributed by atoms with Gasteiger partial charge in [-0.05, 0) is 31.7 Å². The predicted octanol–water partition coefficient (Wildman–Crippen LogP) is 2.63. The van der Waals surface area contributed by atoms with E-state index in [4.69, 9.17) is 4.74 Å². The van der Waals surface area contributed by atoms with E-state index in [1.54, 1.807) is 6.07 Å².